The first-order chi connectivity index (χ1) is 18.8. The molecule has 1 aromatic heterocycles. The highest BCUT2D eigenvalue weighted by Crippen LogP contribution is 2.46. The van der Waals surface area contributed by atoms with Crippen molar-refractivity contribution < 1.29 is 0 Å². The molecule has 0 aliphatic carbocycles. The Morgan fingerprint density at radius 3 is 2.00 bits per heavy atom. The predicted molar refractivity (Wildman–Crippen MR) is 168 cm³/mol. The molecule has 0 bridgehead atoms. The van der Waals surface area contributed by atoms with Crippen LogP contribution in [0.5, 0.6) is 0 Å². The minimum absolute atomic E-state index is 0.0966. The molecule has 0 saturated carbocycles. The van der Waals surface area contributed by atoms with Gasteiger partial charge in [-0.05, 0) is 89.2 Å². The van der Waals surface area contributed by atoms with Crippen molar-refractivity contribution in [3.63, 3.8) is 0 Å². The molecular weight excluding hydrogens is 470 g/mol. The lowest BCUT2D eigenvalue weighted by molar-refractivity contribution is 0.437. The third-order valence-electron chi connectivity index (χ3n) is 8.99. The highest BCUT2D eigenvalue weighted by atomic mass is 15.0. The molecule has 1 heterocycles. The lowest BCUT2D eigenvalue weighted by atomic mass is 9.69. The highest BCUT2D eigenvalue weighted by Gasteiger charge is 2.34. The van der Waals surface area contributed by atoms with Gasteiger partial charge in [0.05, 0.1) is 11.0 Å². The van der Waals surface area contributed by atoms with Gasteiger partial charge in [0, 0.05) is 16.5 Å². The van der Waals surface area contributed by atoms with Crippen LogP contribution in [0.25, 0.3) is 38.6 Å². The van der Waals surface area contributed by atoms with Crippen molar-refractivity contribution in [3.05, 3.63) is 137 Å². The lowest BCUT2D eigenvalue weighted by Crippen LogP contribution is -2.27. The lowest BCUT2D eigenvalue weighted by Gasteiger charge is -2.35. The number of aromatic nitrogens is 1. The van der Waals surface area contributed by atoms with Gasteiger partial charge in [-0.25, -0.2) is 0 Å². The van der Waals surface area contributed by atoms with Crippen molar-refractivity contribution in [2.75, 3.05) is 0 Å². The maximum atomic E-state index is 2.52. The second-order valence-corrected chi connectivity index (χ2v) is 11.7. The van der Waals surface area contributed by atoms with E-state index in [2.05, 4.69) is 155 Å². The van der Waals surface area contributed by atoms with E-state index in [9.17, 15) is 0 Å². The Morgan fingerprint density at radius 1 is 0.590 bits per heavy atom. The second kappa shape index (κ2) is 9.58. The largest absolute Gasteiger partial charge is 0.309 e. The molecule has 39 heavy (non-hydrogen) atoms. The van der Waals surface area contributed by atoms with Gasteiger partial charge in [-0.1, -0.05) is 112 Å². The Hall–Kier alpha value is -4.10. The zero-order valence-electron chi connectivity index (χ0n) is 23.9. The third-order valence-corrected chi connectivity index (χ3v) is 8.99. The average Bonchev–Trinajstić information content (AvgIpc) is 3.27. The molecule has 0 fully saturated rings. The summed E-state index contributed by atoms with van der Waals surface area (Å²) in [5.74, 6) is 0.343. The van der Waals surface area contributed by atoms with E-state index in [1.165, 1.54) is 66.4 Å². The topological polar surface area (TPSA) is 4.93 Å². The van der Waals surface area contributed by atoms with E-state index in [-0.39, 0.29) is 5.41 Å². The molecule has 1 nitrogen and oxygen atoms in total. The van der Waals surface area contributed by atoms with E-state index in [1.807, 2.05) is 0 Å². The molecule has 0 N–H and O–H groups in total. The smallest absolute Gasteiger partial charge is 0.0581 e. The SMILES string of the molecule is Cc1ccccc1-c1cc(-n2c3ccccc3c3ccc(C)c(C(C)(C)C(C)c4ccccc4)c32)ccc1C. The second-order valence-electron chi connectivity index (χ2n) is 11.7. The quantitative estimate of drug-likeness (QED) is 0.219. The van der Waals surface area contributed by atoms with Crippen LogP contribution in [-0.2, 0) is 5.41 Å². The summed E-state index contributed by atoms with van der Waals surface area (Å²) in [4.78, 5) is 0. The van der Waals surface area contributed by atoms with Crippen molar-refractivity contribution >= 4 is 21.8 Å². The van der Waals surface area contributed by atoms with Gasteiger partial charge in [-0.15, -0.1) is 0 Å². The number of para-hydroxylation sites is 1. The van der Waals surface area contributed by atoms with Crippen molar-refractivity contribution in [1.82, 2.24) is 4.57 Å². The van der Waals surface area contributed by atoms with E-state index in [1.54, 1.807) is 0 Å². The summed E-state index contributed by atoms with van der Waals surface area (Å²) in [6, 6.07) is 40.2. The number of nitrogens with zero attached hydrogens (tertiary/aromatic N) is 1. The number of hydrogen-bond acceptors (Lipinski definition) is 0. The Labute approximate surface area is 232 Å². The third kappa shape index (κ3) is 4.08. The van der Waals surface area contributed by atoms with E-state index in [4.69, 9.17) is 0 Å². The Bertz CT molecular complexity index is 1820. The molecule has 0 amide bonds. The zero-order valence-corrected chi connectivity index (χ0v) is 23.9. The monoisotopic (exact) mass is 507 g/mol. The maximum Gasteiger partial charge on any atom is 0.0581 e. The molecule has 1 atom stereocenters. The minimum atomic E-state index is -0.0966. The minimum Gasteiger partial charge on any atom is -0.309 e. The molecule has 194 valence electrons. The number of benzene rings is 5. The van der Waals surface area contributed by atoms with Crippen LogP contribution in [0, 0.1) is 20.8 Å². The van der Waals surface area contributed by atoms with Crippen LogP contribution in [0.15, 0.2) is 109 Å². The first-order valence-electron chi connectivity index (χ1n) is 14.0. The number of rotatable bonds is 5. The van der Waals surface area contributed by atoms with Crippen molar-refractivity contribution in [2.45, 2.75) is 52.9 Å². The van der Waals surface area contributed by atoms with Crippen LogP contribution in [0.3, 0.4) is 0 Å². The summed E-state index contributed by atoms with van der Waals surface area (Å²) in [5, 5.41) is 2.62. The van der Waals surface area contributed by atoms with Gasteiger partial charge in [0.25, 0.3) is 0 Å². The molecule has 0 aliphatic rings. The molecule has 1 heteroatoms. The van der Waals surface area contributed by atoms with E-state index < -0.39 is 0 Å². The maximum absolute atomic E-state index is 2.52. The number of aryl methyl sites for hydroxylation is 3. The Balaban J connectivity index is 1.69. The standard InChI is InChI=1S/C38H37N/c1-25-14-10-11-17-31(25)34-24-30(22-20-26(34)2)39-35-19-13-12-18-32(35)33-23-21-27(3)36(37(33)39)38(5,6)28(4)29-15-8-7-9-16-29/h7-24,28H,1-6H3. The van der Waals surface area contributed by atoms with Crippen LogP contribution >= 0.6 is 0 Å². The van der Waals surface area contributed by atoms with Crippen molar-refractivity contribution in [1.29, 1.82) is 0 Å². The fourth-order valence-corrected chi connectivity index (χ4v) is 6.53. The van der Waals surface area contributed by atoms with Gasteiger partial charge >= 0.3 is 0 Å². The zero-order chi connectivity index (χ0) is 27.3. The Morgan fingerprint density at radius 2 is 1.23 bits per heavy atom. The Kier molecular flexibility index (Phi) is 6.19. The van der Waals surface area contributed by atoms with E-state index in [0.717, 1.165) is 0 Å². The first-order valence-corrected chi connectivity index (χ1v) is 14.0. The number of hydrogen-bond donors (Lipinski definition) is 0. The molecule has 0 radical (unpaired) electrons. The van der Waals surface area contributed by atoms with Crippen LogP contribution < -0.4 is 0 Å². The summed E-state index contributed by atoms with van der Waals surface area (Å²) in [6.07, 6.45) is 0. The fourth-order valence-electron chi connectivity index (χ4n) is 6.53. The summed E-state index contributed by atoms with van der Waals surface area (Å²) >= 11 is 0. The van der Waals surface area contributed by atoms with Gasteiger partial charge < -0.3 is 4.57 Å². The van der Waals surface area contributed by atoms with Gasteiger partial charge in [-0.3, -0.25) is 0 Å². The van der Waals surface area contributed by atoms with Crippen LogP contribution in [0.4, 0.5) is 0 Å². The van der Waals surface area contributed by atoms with Gasteiger partial charge in [0.2, 0.25) is 0 Å². The van der Waals surface area contributed by atoms with Gasteiger partial charge in [0.15, 0.2) is 0 Å². The predicted octanol–water partition coefficient (Wildman–Crippen LogP) is 10.5. The molecule has 6 rings (SSSR count). The molecule has 0 spiro atoms. The molecule has 5 aromatic carbocycles. The van der Waals surface area contributed by atoms with Crippen molar-refractivity contribution in [3.8, 4) is 16.8 Å². The summed E-state index contributed by atoms with van der Waals surface area (Å²) < 4.78 is 2.52. The van der Waals surface area contributed by atoms with E-state index in [0.29, 0.717) is 5.92 Å². The fraction of sp³-hybridized carbons (Fsp3) is 0.211. The molecule has 0 saturated heterocycles. The number of fused-ring (bicyclic) bond motifs is 3. The van der Waals surface area contributed by atoms with Crippen molar-refractivity contribution in [2.24, 2.45) is 0 Å². The summed E-state index contributed by atoms with van der Waals surface area (Å²) in [6.45, 7) is 13.9. The van der Waals surface area contributed by atoms with E-state index >= 15 is 0 Å². The molecule has 6 aromatic rings. The molecule has 0 aliphatic heterocycles. The normalized spacial score (nSPS) is 12.8. The van der Waals surface area contributed by atoms with Gasteiger partial charge in [0.1, 0.15) is 0 Å². The van der Waals surface area contributed by atoms with Crippen LogP contribution in [-0.4, -0.2) is 4.57 Å². The average molecular weight is 508 g/mol. The first kappa shape index (κ1) is 25.2. The van der Waals surface area contributed by atoms with Crippen LogP contribution in [0.1, 0.15) is 54.5 Å². The molecule has 1 unspecified atom stereocenters. The summed E-state index contributed by atoms with van der Waals surface area (Å²) in [5.41, 5.74) is 13.0. The summed E-state index contributed by atoms with van der Waals surface area (Å²) in [7, 11) is 0. The van der Waals surface area contributed by atoms with Gasteiger partial charge in [-0.2, -0.15) is 0 Å². The molecular formula is C38H37N. The van der Waals surface area contributed by atoms with Crippen LogP contribution in [0.2, 0.25) is 0 Å². The highest BCUT2D eigenvalue weighted by molar-refractivity contribution is 6.11.